The molecule has 72 valence electrons. The Hall–Kier alpha value is -1.70. The summed E-state index contributed by atoms with van der Waals surface area (Å²) in [7, 11) is 3.34. The van der Waals surface area contributed by atoms with Gasteiger partial charge in [-0.2, -0.15) is 0 Å². The molecular weight excluding hydrogens is 176 g/mol. The highest BCUT2D eigenvalue weighted by molar-refractivity contribution is 5.89. The lowest BCUT2D eigenvalue weighted by atomic mass is 10.1. The van der Waals surface area contributed by atoms with Crippen molar-refractivity contribution < 1.29 is 9.47 Å². The molecule has 0 amide bonds. The Bertz CT molecular complexity index is 449. The molecule has 0 fully saturated rings. The maximum Gasteiger partial charge on any atom is 0.126 e. The molecule has 2 aromatic carbocycles. The molecule has 0 atom stereocenters. The van der Waals surface area contributed by atoms with E-state index in [9.17, 15) is 0 Å². The largest absolute Gasteiger partial charge is 0.497 e. The topological polar surface area (TPSA) is 18.5 Å². The zero-order valence-corrected chi connectivity index (χ0v) is 8.28. The van der Waals surface area contributed by atoms with Crippen LogP contribution in [0.25, 0.3) is 10.8 Å². The zero-order valence-electron chi connectivity index (χ0n) is 8.28. The van der Waals surface area contributed by atoms with Crippen molar-refractivity contribution in [2.24, 2.45) is 0 Å². The first-order valence-electron chi connectivity index (χ1n) is 4.46. The van der Waals surface area contributed by atoms with Gasteiger partial charge in [0.15, 0.2) is 0 Å². The number of benzene rings is 2. The van der Waals surface area contributed by atoms with Crippen LogP contribution in [0, 0.1) is 0 Å². The maximum absolute atomic E-state index is 5.27. The Balaban J connectivity index is 2.70. The Morgan fingerprint density at radius 1 is 0.929 bits per heavy atom. The number of hydrogen-bond donors (Lipinski definition) is 0. The monoisotopic (exact) mass is 188 g/mol. The normalized spacial score (nSPS) is 10.1. The first kappa shape index (κ1) is 8.88. The van der Waals surface area contributed by atoms with Crippen molar-refractivity contribution in [3.8, 4) is 11.5 Å². The van der Waals surface area contributed by atoms with Gasteiger partial charge in [-0.3, -0.25) is 0 Å². The molecule has 0 radical (unpaired) electrons. The minimum Gasteiger partial charge on any atom is -0.497 e. The molecule has 0 spiro atoms. The fourth-order valence-corrected chi connectivity index (χ4v) is 1.53. The van der Waals surface area contributed by atoms with E-state index in [-0.39, 0.29) is 0 Å². The SMILES string of the molecule is COc1ccc2cccc(OC)c2c1. The highest BCUT2D eigenvalue weighted by atomic mass is 16.5. The minimum atomic E-state index is 0.849. The van der Waals surface area contributed by atoms with Crippen LogP contribution in [0.4, 0.5) is 0 Å². The molecule has 0 N–H and O–H groups in total. The van der Waals surface area contributed by atoms with Gasteiger partial charge in [-0.05, 0) is 23.6 Å². The van der Waals surface area contributed by atoms with Crippen molar-refractivity contribution >= 4 is 10.8 Å². The maximum atomic E-state index is 5.27. The summed E-state index contributed by atoms with van der Waals surface area (Å²) in [6.45, 7) is 0. The van der Waals surface area contributed by atoms with E-state index in [0.29, 0.717) is 0 Å². The van der Waals surface area contributed by atoms with E-state index in [1.807, 2.05) is 30.3 Å². The lowest BCUT2D eigenvalue weighted by Gasteiger charge is -2.06. The third-order valence-electron chi connectivity index (χ3n) is 2.27. The van der Waals surface area contributed by atoms with Gasteiger partial charge in [-0.1, -0.05) is 18.2 Å². The number of ether oxygens (including phenoxy) is 2. The van der Waals surface area contributed by atoms with Crippen LogP contribution in [0.5, 0.6) is 11.5 Å². The van der Waals surface area contributed by atoms with Crippen LogP contribution in [-0.2, 0) is 0 Å². The number of methoxy groups -OCH3 is 2. The van der Waals surface area contributed by atoms with Crippen LogP contribution in [0.1, 0.15) is 0 Å². The summed E-state index contributed by atoms with van der Waals surface area (Å²) in [6.07, 6.45) is 0. The van der Waals surface area contributed by atoms with Crippen LogP contribution in [0.2, 0.25) is 0 Å². The van der Waals surface area contributed by atoms with Gasteiger partial charge in [-0.25, -0.2) is 0 Å². The lowest BCUT2D eigenvalue weighted by Crippen LogP contribution is -1.86. The second-order valence-corrected chi connectivity index (χ2v) is 3.05. The van der Waals surface area contributed by atoms with Crippen molar-refractivity contribution in [2.45, 2.75) is 0 Å². The summed E-state index contributed by atoms with van der Waals surface area (Å²) in [5, 5.41) is 2.24. The predicted octanol–water partition coefficient (Wildman–Crippen LogP) is 2.86. The Morgan fingerprint density at radius 2 is 1.79 bits per heavy atom. The van der Waals surface area contributed by atoms with Gasteiger partial charge < -0.3 is 9.47 Å². The van der Waals surface area contributed by atoms with E-state index in [4.69, 9.17) is 9.47 Å². The molecule has 0 saturated carbocycles. The fourth-order valence-electron chi connectivity index (χ4n) is 1.53. The van der Waals surface area contributed by atoms with Crippen LogP contribution in [0.3, 0.4) is 0 Å². The molecule has 0 aliphatic carbocycles. The van der Waals surface area contributed by atoms with E-state index in [1.54, 1.807) is 14.2 Å². The quantitative estimate of drug-likeness (QED) is 0.721. The smallest absolute Gasteiger partial charge is 0.126 e. The molecular formula is C12H12O2. The van der Waals surface area contributed by atoms with Crippen molar-refractivity contribution in [3.05, 3.63) is 36.4 Å². The van der Waals surface area contributed by atoms with Crippen molar-refractivity contribution in [2.75, 3.05) is 14.2 Å². The molecule has 0 heterocycles. The summed E-state index contributed by atoms with van der Waals surface area (Å²) >= 11 is 0. The molecule has 0 aliphatic heterocycles. The van der Waals surface area contributed by atoms with Gasteiger partial charge in [0.1, 0.15) is 11.5 Å². The molecule has 2 aromatic rings. The standard InChI is InChI=1S/C12H12O2/c1-13-10-7-6-9-4-3-5-12(14-2)11(9)8-10/h3-8H,1-2H3. The fraction of sp³-hybridized carbons (Fsp3) is 0.167. The van der Waals surface area contributed by atoms with Crippen LogP contribution < -0.4 is 9.47 Å². The molecule has 0 aliphatic rings. The summed E-state index contributed by atoms with van der Waals surface area (Å²) in [5.41, 5.74) is 0. The first-order chi connectivity index (χ1) is 6.85. The van der Waals surface area contributed by atoms with Crippen molar-refractivity contribution in [1.29, 1.82) is 0 Å². The average Bonchev–Trinajstić information content (AvgIpc) is 2.27. The summed E-state index contributed by atoms with van der Waals surface area (Å²) in [4.78, 5) is 0. The van der Waals surface area contributed by atoms with Crippen LogP contribution in [-0.4, -0.2) is 14.2 Å². The Labute approximate surface area is 83.1 Å². The second kappa shape index (κ2) is 3.58. The van der Waals surface area contributed by atoms with Crippen LogP contribution in [0.15, 0.2) is 36.4 Å². The van der Waals surface area contributed by atoms with Gasteiger partial charge in [0.05, 0.1) is 14.2 Å². The summed E-state index contributed by atoms with van der Waals surface area (Å²) in [6, 6.07) is 11.9. The van der Waals surface area contributed by atoms with E-state index in [1.165, 1.54) is 0 Å². The molecule has 14 heavy (non-hydrogen) atoms. The number of fused-ring (bicyclic) bond motifs is 1. The molecule has 0 unspecified atom stereocenters. The summed E-state index contributed by atoms with van der Waals surface area (Å²) in [5.74, 6) is 1.73. The third kappa shape index (κ3) is 1.39. The lowest BCUT2D eigenvalue weighted by molar-refractivity contribution is 0.412. The minimum absolute atomic E-state index is 0.849. The molecule has 2 nitrogen and oxygen atoms in total. The molecule has 2 rings (SSSR count). The van der Waals surface area contributed by atoms with Gasteiger partial charge >= 0.3 is 0 Å². The highest BCUT2D eigenvalue weighted by Crippen LogP contribution is 2.28. The van der Waals surface area contributed by atoms with Crippen molar-refractivity contribution in [3.63, 3.8) is 0 Å². The van der Waals surface area contributed by atoms with E-state index >= 15 is 0 Å². The molecule has 0 aromatic heterocycles. The first-order valence-corrected chi connectivity index (χ1v) is 4.46. The van der Waals surface area contributed by atoms with Gasteiger partial charge in [0, 0.05) is 5.39 Å². The van der Waals surface area contributed by atoms with Crippen molar-refractivity contribution in [1.82, 2.24) is 0 Å². The predicted molar refractivity (Wildman–Crippen MR) is 57.1 cm³/mol. The van der Waals surface area contributed by atoms with Gasteiger partial charge in [-0.15, -0.1) is 0 Å². The summed E-state index contributed by atoms with van der Waals surface area (Å²) < 4.78 is 10.4. The second-order valence-electron chi connectivity index (χ2n) is 3.05. The van der Waals surface area contributed by atoms with E-state index in [2.05, 4.69) is 6.07 Å². The number of rotatable bonds is 2. The third-order valence-corrected chi connectivity index (χ3v) is 2.27. The molecule has 2 heteroatoms. The molecule has 0 saturated heterocycles. The molecule has 0 bridgehead atoms. The van der Waals surface area contributed by atoms with Gasteiger partial charge in [0.25, 0.3) is 0 Å². The van der Waals surface area contributed by atoms with E-state index in [0.717, 1.165) is 22.3 Å². The zero-order chi connectivity index (χ0) is 9.97. The van der Waals surface area contributed by atoms with Gasteiger partial charge in [0.2, 0.25) is 0 Å². The average molecular weight is 188 g/mol. The number of hydrogen-bond acceptors (Lipinski definition) is 2. The Morgan fingerprint density at radius 3 is 2.50 bits per heavy atom. The van der Waals surface area contributed by atoms with Crippen LogP contribution >= 0.6 is 0 Å². The Kier molecular flexibility index (Phi) is 2.27. The highest BCUT2D eigenvalue weighted by Gasteiger charge is 2.01. The van der Waals surface area contributed by atoms with E-state index < -0.39 is 0 Å².